The number of hydrogen-bond acceptors (Lipinski definition) is 5. The molecule has 0 amide bonds. The van der Waals surface area contributed by atoms with Crippen molar-refractivity contribution in [2.45, 2.75) is 6.92 Å². The van der Waals surface area contributed by atoms with E-state index in [1.54, 1.807) is 27.8 Å². The van der Waals surface area contributed by atoms with Crippen LogP contribution in [0.4, 0.5) is 0 Å². The highest BCUT2D eigenvalue weighted by Gasteiger charge is 2.17. The summed E-state index contributed by atoms with van der Waals surface area (Å²) in [5.41, 5.74) is 3.71. The van der Waals surface area contributed by atoms with Gasteiger partial charge in [0.05, 0.1) is 22.8 Å². The molecule has 1 N–H and O–H groups in total. The van der Waals surface area contributed by atoms with Crippen molar-refractivity contribution in [2.75, 3.05) is 0 Å². The number of benzene rings is 3. The third-order valence-corrected chi connectivity index (χ3v) is 5.64. The normalized spacial score (nSPS) is 11.7. The van der Waals surface area contributed by atoms with Crippen LogP contribution in [0.3, 0.4) is 0 Å². The molecule has 6 aromatic rings. The van der Waals surface area contributed by atoms with E-state index in [0.29, 0.717) is 27.7 Å². The van der Waals surface area contributed by atoms with Crippen LogP contribution in [0.15, 0.2) is 67.1 Å². The van der Waals surface area contributed by atoms with Crippen LogP contribution in [-0.4, -0.2) is 34.5 Å². The van der Waals surface area contributed by atoms with E-state index in [0.717, 1.165) is 27.4 Å². The van der Waals surface area contributed by atoms with Crippen molar-refractivity contribution in [3.8, 4) is 22.8 Å². The minimum absolute atomic E-state index is 0.129. The van der Waals surface area contributed by atoms with Gasteiger partial charge in [0.2, 0.25) is 0 Å². The van der Waals surface area contributed by atoms with Crippen LogP contribution in [0.2, 0.25) is 5.02 Å². The van der Waals surface area contributed by atoms with Gasteiger partial charge in [-0.2, -0.15) is 5.10 Å². The van der Waals surface area contributed by atoms with Crippen LogP contribution in [0.25, 0.3) is 44.5 Å². The highest BCUT2D eigenvalue weighted by molar-refractivity contribution is 6.30. The van der Waals surface area contributed by atoms with Crippen molar-refractivity contribution in [1.82, 2.24) is 29.4 Å². The highest BCUT2D eigenvalue weighted by atomic mass is 35.5. The van der Waals surface area contributed by atoms with E-state index in [-0.39, 0.29) is 5.75 Å². The zero-order valence-corrected chi connectivity index (χ0v) is 17.1. The van der Waals surface area contributed by atoms with Crippen LogP contribution in [-0.2, 0) is 0 Å². The fourth-order valence-corrected chi connectivity index (χ4v) is 4.00. The molecule has 3 aromatic carbocycles. The van der Waals surface area contributed by atoms with E-state index in [2.05, 4.69) is 15.2 Å². The Labute approximate surface area is 181 Å². The Balaban J connectivity index is 1.56. The lowest BCUT2D eigenvalue weighted by Crippen LogP contribution is -2.01. The van der Waals surface area contributed by atoms with Gasteiger partial charge in [-0.3, -0.25) is 0 Å². The Morgan fingerprint density at radius 3 is 2.61 bits per heavy atom. The maximum absolute atomic E-state index is 10.6. The molecule has 3 heterocycles. The summed E-state index contributed by atoms with van der Waals surface area (Å²) in [6.45, 7) is 2.00. The number of hydrogen-bond donors (Lipinski definition) is 1. The second kappa shape index (κ2) is 6.52. The largest absolute Gasteiger partial charge is 0.507 e. The van der Waals surface area contributed by atoms with E-state index in [4.69, 9.17) is 16.6 Å². The molecule has 0 fully saturated rings. The lowest BCUT2D eigenvalue weighted by molar-refractivity contribution is 0.477. The predicted octanol–water partition coefficient (Wildman–Crippen LogP) is 4.95. The maximum Gasteiger partial charge on any atom is 0.185 e. The summed E-state index contributed by atoms with van der Waals surface area (Å²) in [5, 5.41) is 23.0. The van der Waals surface area contributed by atoms with Crippen molar-refractivity contribution >= 4 is 39.1 Å². The van der Waals surface area contributed by atoms with Gasteiger partial charge in [0.25, 0.3) is 0 Å². The molecule has 0 saturated carbocycles. The molecule has 0 aliphatic carbocycles. The predicted molar refractivity (Wildman–Crippen MR) is 120 cm³/mol. The zero-order valence-electron chi connectivity index (χ0n) is 16.4. The number of rotatable bonds is 2. The average Bonchev–Trinajstić information content (AvgIpc) is 3.39. The number of halogens is 1. The third-order valence-electron chi connectivity index (χ3n) is 5.41. The summed E-state index contributed by atoms with van der Waals surface area (Å²) in [4.78, 5) is 9.25. The molecule has 0 unspecified atom stereocenters. The molecule has 31 heavy (non-hydrogen) atoms. The summed E-state index contributed by atoms with van der Waals surface area (Å²) in [5.74, 6) is 0.549. The molecule has 0 atom stereocenters. The Hall–Kier alpha value is -3.97. The van der Waals surface area contributed by atoms with Crippen LogP contribution < -0.4 is 0 Å². The molecule has 0 spiro atoms. The van der Waals surface area contributed by atoms with E-state index >= 15 is 0 Å². The van der Waals surface area contributed by atoms with Gasteiger partial charge in [-0.15, -0.1) is 5.10 Å². The summed E-state index contributed by atoms with van der Waals surface area (Å²) in [7, 11) is 0. The SMILES string of the molecule is Cc1ccc(Cl)cc1-n1ncc2c1ncn1nc(-c3cc4ccccc4cc3O)nc21. The number of aryl methyl sites for hydroxylation is 1. The summed E-state index contributed by atoms with van der Waals surface area (Å²) < 4.78 is 3.35. The summed E-state index contributed by atoms with van der Waals surface area (Å²) >= 11 is 6.20. The van der Waals surface area contributed by atoms with Crippen LogP contribution in [0.5, 0.6) is 5.75 Å². The first kappa shape index (κ1) is 17.9. The zero-order chi connectivity index (χ0) is 21.1. The van der Waals surface area contributed by atoms with E-state index < -0.39 is 0 Å². The van der Waals surface area contributed by atoms with Crippen molar-refractivity contribution in [3.63, 3.8) is 0 Å². The van der Waals surface area contributed by atoms with Crippen LogP contribution >= 0.6 is 11.6 Å². The van der Waals surface area contributed by atoms with Gasteiger partial charge in [-0.05, 0) is 47.5 Å². The van der Waals surface area contributed by atoms with Crippen molar-refractivity contribution < 1.29 is 5.11 Å². The van der Waals surface area contributed by atoms with Gasteiger partial charge in [0, 0.05) is 5.02 Å². The minimum atomic E-state index is 0.129. The molecule has 0 radical (unpaired) electrons. The fourth-order valence-electron chi connectivity index (χ4n) is 3.83. The Morgan fingerprint density at radius 1 is 0.968 bits per heavy atom. The van der Waals surface area contributed by atoms with Crippen LogP contribution in [0, 0.1) is 6.92 Å². The van der Waals surface area contributed by atoms with Gasteiger partial charge in [-0.25, -0.2) is 19.2 Å². The Bertz CT molecular complexity index is 1630. The first-order chi connectivity index (χ1) is 15.1. The van der Waals surface area contributed by atoms with Gasteiger partial charge in [-0.1, -0.05) is 41.9 Å². The highest BCUT2D eigenvalue weighted by Crippen LogP contribution is 2.32. The number of phenolic OH excluding ortho intramolecular Hbond substituents is 1. The van der Waals surface area contributed by atoms with E-state index in [1.807, 2.05) is 55.5 Å². The molecule has 0 aliphatic heterocycles. The molecular weight excluding hydrogens is 412 g/mol. The molecule has 0 aliphatic rings. The lowest BCUT2D eigenvalue weighted by Gasteiger charge is -2.07. The number of phenols is 1. The Kier molecular flexibility index (Phi) is 3.75. The number of fused-ring (bicyclic) bond motifs is 4. The first-order valence-electron chi connectivity index (χ1n) is 9.66. The topological polar surface area (TPSA) is 81.1 Å². The lowest BCUT2D eigenvalue weighted by atomic mass is 10.1. The molecule has 7 nitrogen and oxygen atoms in total. The van der Waals surface area contributed by atoms with Crippen molar-refractivity contribution in [2.24, 2.45) is 0 Å². The van der Waals surface area contributed by atoms with Gasteiger partial charge in [0.1, 0.15) is 12.1 Å². The first-order valence-corrected chi connectivity index (χ1v) is 10.0. The number of aromatic nitrogens is 6. The standard InChI is InChI=1S/C23H15ClN6O/c1-13-6-7-16(24)10-19(13)30-22-18(11-26-30)23-27-21(28-29(23)12-25-22)17-8-14-4-2-3-5-15(14)9-20(17)31/h2-12,31H,1H3. The maximum atomic E-state index is 10.6. The summed E-state index contributed by atoms with van der Waals surface area (Å²) in [6, 6.07) is 17.1. The second-order valence-electron chi connectivity index (χ2n) is 7.39. The molecule has 3 aromatic heterocycles. The fraction of sp³-hybridized carbons (Fsp3) is 0.0435. The van der Waals surface area contributed by atoms with Crippen molar-refractivity contribution in [1.29, 1.82) is 0 Å². The average molecular weight is 427 g/mol. The smallest absolute Gasteiger partial charge is 0.185 e. The monoisotopic (exact) mass is 426 g/mol. The second-order valence-corrected chi connectivity index (χ2v) is 7.83. The van der Waals surface area contributed by atoms with Crippen LogP contribution in [0.1, 0.15) is 5.56 Å². The molecule has 6 rings (SSSR count). The van der Waals surface area contributed by atoms with E-state index in [9.17, 15) is 5.11 Å². The minimum Gasteiger partial charge on any atom is -0.507 e. The molecule has 0 bridgehead atoms. The summed E-state index contributed by atoms with van der Waals surface area (Å²) in [6.07, 6.45) is 3.32. The van der Waals surface area contributed by atoms with E-state index in [1.165, 1.54) is 0 Å². The number of aromatic hydroxyl groups is 1. The van der Waals surface area contributed by atoms with Crippen molar-refractivity contribution in [3.05, 3.63) is 77.7 Å². The molecular formula is C23H15ClN6O. The quantitative estimate of drug-likeness (QED) is 0.423. The molecule has 8 heteroatoms. The van der Waals surface area contributed by atoms with Gasteiger partial charge >= 0.3 is 0 Å². The number of nitrogens with zero attached hydrogens (tertiary/aromatic N) is 6. The third kappa shape index (κ3) is 2.74. The van der Waals surface area contributed by atoms with Gasteiger partial charge < -0.3 is 5.11 Å². The molecule has 0 saturated heterocycles. The Morgan fingerprint density at radius 2 is 1.77 bits per heavy atom. The molecule has 150 valence electrons. The van der Waals surface area contributed by atoms with Gasteiger partial charge in [0.15, 0.2) is 17.1 Å².